The van der Waals surface area contributed by atoms with Crippen LogP contribution in [-0.2, 0) is 0 Å². The first-order valence-electron chi connectivity index (χ1n) is 4.17. The van der Waals surface area contributed by atoms with E-state index < -0.39 is 11.6 Å². The lowest BCUT2D eigenvalue weighted by Crippen LogP contribution is -2.02. The fourth-order valence-corrected chi connectivity index (χ4v) is 0.941. The first-order valence-corrected chi connectivity index (χ1v) is 4.61. The molecule has 0 saturated heterocycles. The van der Waals surface area contributed by atoms with Gasteiger partial charge in [-0.05, 0) is 12.5 Å². The first kappa shape index (κ1) is 11.8. The molecule has 0 unspecified atom stereocenters. The van der Waals surface area contributed by atoms with Gasteiger partial charge in [-0.2, -0.15) is 0 Å². The van der Waals surface area contributed by atoms with Crippen molar-refractivity contribution in [2.24, 2.45) is 0 Å². The van der Waals surface area contributed by atoms with E-state index in [4.69, 9.17) is 22.1 Å². The average Bonchev–Trinajstić information content (AvgIpc) is 2.21. The van der Waals surface area contributed by atoms with Crippen molar-refractivity contribution in [3.05, 3.63) is 34.9 Å². The molecule has 0 aliphatic carbocycles. The summed E-state index contributed by atoms with van der Waals surface area (Å²) in [7, 11) is 0. The second-order valence-electron chi connectivity index (χ2n) is 3.05. The number of nitrogen functional groups attached to an aromatic ring is 1. The molecule has 0 atom stereocenters. The summed E-state index contributed by atoms with van der Waals surface area (Å²) in [6, 6.07) is 1.79. The molecule has 1 rings (SSSR count). The number of benzene rings is 1. The molecule has 15 heavy (non-hydrogen) atoms. The van der Waals surface area contributed by atoms with Crippen molar-refractivity contribution < 1.29 is 13.5 Å². The SMILES string of the molecule is C/C(=C/Cl)COc1cc(F)c(N)cc1F. The minimum absolute atomic E-state index is 0.101. The van der Waals surface area contributed by atoms with Crippen molar-refractivity contribution in [1.29, 1.82) is 0 Å². The zero-order valence-corrected chi connectivity index (χ0v) is 8.81. The van der Waals surface area contributed by atoms with Gasteiger partial charge in [0, 0.05) is 17.7 Å². The number of ether oxygens (including phenoxy) is 1. The molecule has 0 amide bonds. The lowest BCUT2D eigenvalue weighted by Gasteiger charge is -2.08. The summed E-state index contributed by atoms with van der Waals surface area (Å²) in [5.74, 6) is -1.59. The van der Waals surface area contributed by atoms with Crippen LogP contribution in [-0.4, -0.2) is 6.61 Å². The van der Waals surface area contributed by atoms with Gasteiger partial charge in [0.2, 0.25) is 0 Å². The largest absolute Gasteiger partial charge is 0.486 e. The molecule has 1 aromatic rings. The second-order valence-corrected chi connectivity index (χ2v) is 3.27. The average molecular weight is 234 g/mol. The van der Waals surface area contributed by atoms with E-state index in [0.29, 0.717) is 5.57 Å². The Kier molecular flexibility index (Phi) is 3.91. The highest BCUT2D eigenvalue weighted by Crippen LogP contribution is 2.23. The Balaban J connectivity index is 2.82. The molecule has 0 radical (unpaired) electrons. The van der Waals surface area contributed by atoms with Gasteiger partial charge in [0.1, 0.15) is 12.4 Å². The summed E-state index contributed by atoms with van der Waals surface area (Å²) < 4.78 is 31.1. The van der Waals surface area contributed by atoms with Gasteiger partial charge in [-0.1, -0.05) is 11.6 Å². The van der Waals surface area contributed by atoms with Crippen LogP contribution in [0.4, 0.5) is 14.5 Å². The number of nitrogens with two attached hydrogens (primary N) is 1. The van der Waals surface area contributed by atoms with Crippen LogP contribution in [0, 0.1) is 11.6 Å². The predicted octanol–water partition coefficient (Wildman–Crippen LogP) is 3.07. The maximum atomic E-state index is 13.2. The zero-order chi connectivity index (χ0) is 11.4. The van der Waals surface area contributed by atoms with Gasteiger partial charge in [0.05, 0.1) is 5.69 Å². The molecule has 0 heterocycles. The maximum Gasteiger partial charge on any atom is 0.167 e. The molecule has 0 saturated carbocycles. The summed E-state index contributed by atoms with van der Waals surface area (Å²) in [5.41, 5.74) is 6.94. The van der Waals surface area contributed by atoms with Gasteiger partial charge >= 0.3 is 0 Å². The third-order valence-corrected chi connectivity index (χ3v) is 2.07. The number of hydrogen-bond donors (Lipinski definition) is 1. The van der Waals surface area contributed by atoms with E-state index in [2.05, 4.69) is 0 Å². The molecular weight excluding hydrogens is 224 g/mol. The van der Waals surface area contributed by atoms with E-state index in [0.717, 1.165) is 12.1 Å². The second kappa shape index (κ2) is 4.98. The Labute approximate surface area is 91.3 Å². The zero-order valence-electron chi connectivity index (χ0n) is 8.06. The topological polar surface area (TPSA) is 35.2 Å². The van der Waals surface area contributed by atoms with Gasteiger partial charge in [-0.3, -0.25) is 0 Å². The van der Waals surface area contributed by atoms with Crippen LogP contribution in [0.1, 0.15) is 6.92 Å². The third-order valence-electron chi connectivity index (χ3n) is 1.69. The van der Waals surface area contributed by atoms with Gasteiger partial charge in [-0.25, -0.2) is 8.78 Å². The van der Waals surface area contributed by atoms with E-state index >= 15 is 0 Å². The Hall–Kier alpha value is -1.29. The Morgan fingerprint density at radius 2 is 2.13 bits per heavy atom. The lowest BCUT2D eigenvalue weighted by atomic mass is 10.3. The quantitative estimate of drug-likeness (QED) is 0.815. The Morgan fingerprint density at radius 3 is 2.73 bits per heavy atom. The smallest absolute Gasteiger partial charge is 0.167 e. The summed E-state index contributed by atoms with van der Waals surface area (Å²) in [4.78, 5) is 0. The van der Waals surface area contributed by atoms with Crippen molar-refractivity contribution in [2.75, 3.05) is 12.3 Å². The molecule has 2 N–H and O–H groups in total. The van der Waals surface area contributed by atoms with Gasteiger partial charge < -0.3 is 10.5 Å². The van der Waals surface area contributed by atoms with Gasteiger partial charge in [-0.15, -0.1) is 0 Å². The van der Waals surface area contributed by atoms with Crippen LogP contribution < -0.4 is 10.5 Å². The fraction of sp³-hybridized carbons (Fsp3) is 0.200. The fourth-order valence-electron chi connectivity index (χ4n) is 0.878. The molecule has 0 aliphatic rings. The number of anilines is 1. The predicted molar refractivity (Wildman–Crippen MR) is 55.9 cm³/mol. The molecule has 0 aromatic heterocycles. The maximum absolute atomic E-state index is 13.2. The highest BCUT2D eigenvalue weighted by atomic mass is 35.5. The van der Waals surface area contributed by atoms with E-state index in [1.807, 2.05) is 0 Å². The minimum Gasteiger partial charge on any atom is -0.486 e. The molecule has 82 valence electrons. The molecular formula is C10H10ClF2NO. The van der Waals surface area contributed by atoms with Crippen molar-refractivity contribution in [3.8, 4) is 5.75 Å². The number of hydrogen-bond acceptors (Lipinski definition) is 2. The third kappa shape index (κ3) is 3.09. The lowest BCUT2D eigenvalue weighted by molar-refractivity contribution is 0.330. The number of rotatable bonds is 3. The monoisotopic (exact) mass is 233 g/mol. The standard InChI is InChI=1S/C10H10ClF2NO/c1-6(4-11)5-15-10-3-7(12)9(14)2-8(10)13/h2-4H,5,14H2,1H3/b6-4-. The molecule has 2 nitrogen and oxygen atoms in total. The molecule has 5 heteroatoms. The van der Waals surface area contributed by atoms with Crippen molar-refractivity contribution in [2.45, 2.75) is 6.92 Å². The van der Waals surface area contributed by atoms with Gasteiger partial charge in [0.15, 0.2) is 11.6 Å². The van der Waals surface area contributed by atoms with Crippen LogP contribution in [0.25, 0.3) is 0 Å². The molecule has 0 fully saturated rings. The summed E-state index contributed by atoms with van der Waals surface area (Å²) in [6.45, 7) is 1.81. The van der Waals surface area contributed by atoms with E-state index in [9.17, 15) is 8.78 Å². The Bertz CT molecular complexity index is 393. The van der Waals surface area contributed by atoms with E-state index in [1.165, 1.54) is 5.54 Å². The van der Waals surface area contributed by atoms with Gasteiger partial charge in [0.25, 0.3) is 0 Å². The summed E-state index contributed by atoms with van der Waals surface area (Å²) >= 11 is 5.38. The molecule has 1 aromatic carbocycles. The van der Waals surface area contributed by atoms with E-state index in [1.54, 1.807) is 6.92 Å². The van der Waals surface area contributed by atoms with Crippen LogP contribution in [0.15, 0.2) is 23.2 Å². The van der Waals surface area contributed by atoms with Crippen molar-refractivity contribution in [1.82, 2.24) is 0 Å². The van der Waals surface area contributed by atoms with Crippen LogP contribution in [0.2, 0.25) is 0 Å². The molecule has 0 bridgehead atoms. The molecule has 0 spiro atoms. The highest BCUT2D eigenvalue weighted by molar-refractivity contribution is 6.25. The normalized spacial score (nSPS) is 11.6. The van der Waals surface area contributed by atoms with Crippen molar-refractivity contribution >= 4 is 17.3 Å². The Morgan fingerprint density at radius 1 is 1.47 bits per heavy atom. The first-order chi connectivity index (χ1) is 7.04. The van der Waals surface area contributed by atoms with Crippen LogP contribution >= 0.6 is 11.6 Å². The summed E-state index contributed by atoms with van der Waals surface area (Å²) in [6.07, 6.45) is 0. The minimum atomic E-state index is -0.709. The van der Waals surface area contributed by atoms with Crippen LogP contribution in [0.3, 0.4) is 0 Å². The van der Waals surface area contributed by atoms with Crippen LogP contribution in [0.5, 0.6) is 5.75 Å². The number of halogens is 3. The highest BCUT2D eigenvalue weighted by Gasteiger charge is 2.08. The van der Waals surface area contributed by atoms with Crippen molar-refractivity contribution in [3.63, 3.8) is 0 Å². The molecule has 0 aliphatic heterocycles. The summed E-state index contributed by atoms with van der Waals surface area (Å²) in [5, 5.41) is 0. The van der Waals surface area contributed by atoms with E-state index in [-0.39, 0.29) is 18.0 Å².